The van der Waals surface area contributed by atoms with Crippen LogP contribution in [0.3, 0.4) is 0 Å². The summed E-state index contributed by atoms with van der Waals surface area (Å²) in [6.45, 7) is 0.803. The van der Waals surface area contributed by atoms with Gasteiger partial charge in [0.15, 0.2) is 0 Å². The first-order valence-corrected chi connectivity index (χ1v) is 5.82. The Bertz CT molecular complexity index is 178. The second kappa shape index (κ2) is 4.86. The largest absolute Gasteiger partial charge is 0.481 e. The van der Waals surface area contributed by atoms with Crippen LogP contribution in [-0.2, 0) is 4.79 Å². The van der Waals surface area contributed by atoms with Crippen molar-refractivity contribution in [1.29, 1.82) is 0 Å². The highest BCUT2D eigenvalue weighted by Crippen LogP contribution is 2.37. The molecule has 1 rings (SSSR count). The van der Waals surface area contributed by atoms with E-state index in [1.54, 1.807) is 0 Å². The van der Waals surface area contributed by atoms with Gasteiger partial charge in [0.05, 0.1) is 5.41 Å². The Kier molecular flexibility index (Phi) is 4.06. The molecular formula is C9H17NO2S. The molecule has 1 aliphatic heterocycles. The molecule has 0 amide bonds. The van der Waals surface area contributed by atoms with Crippen LogP contribution in [0.25, 0.3) is 0 Å². The maximum absolute atomic E-state index is 11.1. The van der Waals surface area contributed by atoms with Crippen LogP contribution in [0, 0.1) is 5.41 Å². The second-order valence-electron chi connectivity index (χ2n) is 3.55. The van der Waals surface area contributed by atoms with Crippen molar-refractivity contribution in [2.75, 3.05) is 25.1 Å². The molecule has 0 aliphatic carbocycles. The van der Waals surface area contributed by atoms with Crippen molar-refractivity contribution in [2.45, 2.75) is 19.3 Å². The third kappa shape index (κ3) is 2.61. The zero-order valence-electron chi connectivity index (χ0n) is 8.01. The Morgan fingerprint density at radius 2 is 2.15 bits per heavy atom. The van der Waals surface area contributed by atoms with Gasteiger partial charge >= 0.3 is 5.97 Å². The first-order valence-electron chi connectivity index (χ1n) is 4.67. The second-order valence-corrected chi connectivity index (χ2v) is 4.78. The topological polar surface area (TPSA) is 49.3 Å². The lowest BCUT2D eigenvalue weighted by molar-refractivity contribution is -0.149. The van der Waals surface area contributed by atoms with E-state index in [-0.39, 0.29) is 0 Å². The molecule has 4 heteroatoms. The van der Waals surface area contributed by atoms with Gasteiger partial charge in [-0.25, -0.2) is 0 Å². The zero-order chi connectivity index (χ0) is 9.73. The SMILES string of the molecule is CNCCC1(C(=O)O)CCSCC1. The highest BCUT2D eigenvalue weighted by molar-refractivity contribution is 7.99. The molecular weight excluding hydrogens is 186 g/mol. The fourth-order valence-corrected chi connectivity index (χ4v) is 2.97. The number of rotatable bonds is 4. The third-order valence-electron chi connectivity index (χ3n) is 2.76. The van der Waals surface area contributed by atoms with Gasteiger partial charge in [0.1, 0.15) is 0 Å². The monoisotopic (exact) mass is 203 g/mol. The van der Waals surface area contributed by atoms with Gasteiger partial charge in [0.25, 0.3) is 0 Å². The summed E-state index contributed by atoms with van der Waals surface area (Å²) in [5, 5.41) is 12.2. The zero-order valence-corrected chi connectivity index (χ0v) is 8.82. The van der Waals surface area contributed by atoms with Gasteiger partial charge < -0.3 is 10.4 Å². The van der Waals surface area contributed by atoms with Crippen molar-refractivity contribution >= 4 is 17.7 Å². The minimum atomic E-state index is -0.608. The number of aliphatic carboxylic acids is 1. The van der Waals surface area contributed by atoms with Crippen LogP contribution in [0.5, 0.6) is 0 Å². The molecule has 0 bridgehead atoms. The number of carboxylic acid groups (broad SMARTS) is 1. The van der Waals surface area contributed by atoms with Crippen molar-refractivity contribution < 1.29 is 9.90 Å². The fraction of sp³-hybridized carbons (Fsp3) is 0.889. The van der Waals surface area contributed by atoms with Crippen LogP contribution >= 0.6 is 11.8 Å². The number of hydrogen-bond acceptors (Lipinski definition) is 3. The first kappa shape index (κ1) is 10.9. The standard InChI is InChI=1S/C9H17NO2S/c1-10-5-2-9(8(11)12)3-6-13-7-4-9/h10H,2-7H2,1H3,(H,11,12). The van der Waals surface area contributed by atoms with E-state index in [9.17, 15) is 9.90 Å². The molecule has 76 valence electrons. The molecule has 0 saturated carbocycles. The number of nitrogens with one attached hydrogen (secondary N) is 1. The van der Waals surface area contributed by atoms with Gasteiger partial charge in [-0.15, -0.1) is 0 Å². The van der Waals surface area contributed by atoms with E-state index in [0.29, 0.717) is 0 Å². The summed E-state index contributed by atoms with van der Waals surface area (Å²) in [6, 6.07) is 0. The summed E-state index contributed by atoms with van der Waals surface area (Å²) in [5.74, 6) is 1.38. The van der Waals surface area contributed by atoms with Crippen LogP contribution in [0.4, 0.5) is 0 Å². The Morgan fingerprint density at radius 3 is 2.62 bits per heavy atom. The smallest absolute Gasteiger partial charge is 0.309 e. The lowest BCUT2D eigenvalue weighted by Crippen LogP contribution is -2.37. The molecule has 1 heterocycles. The average Bonchev–Trinajstić information content (AvgIpc) is 2.16. The number of carboxylic acids is 1. The maximum atomic E-state index is 11.1. The van der Waals surface area contributed by atoms with Gasteiger partial charge in [0.2, 0.25) is 0 Å². The van der Waals surface area contributed by atoms with Crippen LogP contribution < -0.4 is 5.32 Å². The normalized spacial score (nSPS) is 21.3. The molecule has 2 N–H and O–H groups in total. The summed E-state index contributed by atoms with van der Waals surface area (Å²) in [7, 11) is 1.87. The first-order chi connectivity index (χ1) is 6.21. The lowest BCUT2D eigenvalue weighted by Gasteiger charge is -2.32. The number of thioether (sulfide) groups is 1. The van der Waals surface area contributed by atoms with Crippen molar-refractivity contribution in [3.8, 4) is 0 Å². The van der Waals surface area contributed by atoms with Gasteiger partial charge in [-0.05, 0) is 44.4 Å². The van der Waals surface area contributed by atoms with Crippen LogP contribution in [-0.4, -0.2) is 36.2 Å². The maximum Gasteiger partial charge on any atom is 0.309 e. The van der Waals surface area contributed by atoms with E-state index in [1.807, 2.05) is 18.8 Å². The Labute approximate surface area is 83.3 Å². The fourth-order valence-electron chi connectivity index (χ4n) is 1.70. The minimum absolute atomic E-state index is 0.436. The van der Waals surface area contributed by atoms with E-state index in [0.717, 1.165) is 37.3 Å². The number of hydrogen-bond donors (Lipinski definition) is 2. The van der Waals surface area contributed by atoms with E-state index < -0.39 is 11.4 Å². The van der Waals surface area contributed by atoms with Crippen molar-refractivity contribution in [3.63, 3.8) is 0 Å². The van der Waals surface area contributed by atoms with Gasteiger partial charge in [-0.2, -0.15) is 11.8 Å². The Morgan fingerprint density at radius 1 is 1.54 bits per heavy atom. The highest BCUT2D eigenvalue weighted by atomic mass is 32.2. The molecule has 1 saturated heterocycles. The molecule has 0 aromatic carbocycles. The number of carbonyl (C=O) groups is 1. The van der Waals surface area contributed by atoms with Crippen LogP contribution in [0.2, 0.25) is 0 Å². The summed E-state index contributed by atoms with van der Waals surface area (Å²) >= 11 is 1.86. The Hall–Kier alpha value is -0.220. The quantitative estimate of drug-likeness (QED) is 0.720. The molecule has 0 aromatic rings. The van der Waals surface area contributed by atoms with Gasteiger partial charge in [-0.3, -0.25) is 4.79 Å². The van der Waals surface area contributed by atoms with E-state index in [1.165, 1.54) is 0 Å². The third-order valence-corrected chi connectivity index (χ3v) is 3.74. The predicted octanol–water partition coefficient (Wildman–Crippen LogP) is 1.19. The summed E-state index contributed by atoms with van der Waals surface area (Å²) in [4.78, 5) is 11.1. The van der Waals surface area contributed by atoms with Crippen LogP contribution in [0.1, 0.15) is 19.3 Å². The van der Waals surface area contributed by atoms with Crippen LogP contribution in [0.15, 0.2) is 0 Å². The summed E-state index contributed by atoms with van der Waals surface area (Å²) < 4.78 is 0. The van der Waals surface area contributed by atoms with Gasteiger partial charge in [0, 0.05) is 0 Å². The molecule has 0 atom stereocenters. The van der Waals surface area contributed by atoms with Crippen molar-refractivity contribution in [2.24, 2.45) is 5.41 Å². The lowest BCUT2D eigenvalue weighted by atomic mass is 9.79. The Balaban J connectivity index is 2.56. The van der Waals surface area contributed by atoms with E-state index >= 15 is 0 Å². The van der Waals surface area contributed by atoms with E-state index in [2.05, 4.69) is 5.32 Å². The summed E-state index contributed by atoms with van der Waals surface area (Å²) in [5.41, 5.74) is -0.436. The molecule has 1 fully saturated rings. The van der Waals surface area contributed by atoms with Gasteiger partial charge in [-0.1, -0.05) is 0 Å². The van der Waals surface area contributed by atoms with E-state index in [4.69, 9.17) is 0 Å². The molecule has 0 radical (unpaired) electrons. The molecule has 1 aliphatic rings. The molecule has 13 heavy (non-hydrogen) atoms. The molecule has 0 aromatic heterocycles. The average molecular weight is 203 g/mol. The van der Waals surface area contributed by atoms with Crippen molar-refractivity contribution in [3.05, 3.63) is 0 Å². The van der Waals surface area contributed by atoms with Crippen molar-refractivity contribution in [1.82, 2.24) is 5.32 Å². The predicted molar refractivity (Wildman–Crippen MR) is 55.2 cm³/mol. The minimum Gasteiger partial charge on any atom is -0.481 e. The highest BCUT2D eigenvalue weighted by Gasteiger charge is 2.38. The molecule has 0 unspecified atom stereocenters. The molecule has 0 spiro atoms. The molecule has 3 nitrogen and oxygen atoms in total. The summed E-state index contributed by atoms with van der Waals surface area (Å²) in [6.07, 6.45) is 2.42.